The number of nitrogens with two attached hydrogens (primary N) is 1. The molecule has 0 radical (unpaired) electrons. The second kappa shape index (κ2) is 7.13. The lowest BCUT2D eigenvalue weighted by Crippen LogP contribution is -2.06. The van der Waals surface area contributed by atoms with Crippen LogP contribution < -0.4 is 15.2 Å². The molecule has 1 unspecified atom stereocenters. The summed E-state index contributed by atoms with van der Waals surface area (Å²) in [4.78, 5) is 0. The fraction of sp³-hybridized carbons (Fsp3) is 0.438. The van der Waals surface area contributed by atoms with Gasteiger partial charge in [0, 0.05) is 18.8 Å². The average Bonchev–Trinajstić information content (AvgIpc) is 3.00. The first-order valence-electron chi connectivity index (χ1n) is 7.21. The van der Waals surface area contributed by atoms with E-state index in [-0.39, 0.29) is 0 Å². The van der Waals surface area contributed by atoms with Gasteiger partial charge in [-0.1, -0.05) is 13.0 Å². The third kappa shape index (κ3) is 3.76. The molecule has 0 fully saturated rings. The Morgan fingerprint density at radius 2 is 2.10 bits per heavy atom. The lowest BCUT2D eigenvalue weighted by molar-refractivity contribution is 0.278. The zero-order valence-corrected chi connectivity index (χ0v) is 12.9. The number of ether oxygens (including phenoxy) is 2. The van der Waals surface area contributed by atoms with Gasteiger partial charge < -0.3 is 15.2 Å². The van der Waals surface area contributed by atoms with Gasteiger partial charge in [0.15, 0.2) is 11.5 Å². The molecule has 0 saturated heterocycles. The molecule has 1 atom stereocenters. The van der Waals surface area contributed by atoms with Gasteiger partial charge in [-0.2, -0.15) is 5.10 Å². The fourth-order valence-electron chi connectivity index (χ4n) is 2.00. The first-order valence-corrected chi connectivity index (χ1v) is 7.21. The van der Waals surface area contributed by atoms with Gasteiger partial charge in [0.05, 0.1) is 12.8 Å². The highest BCUT2D eigenvalue weighted by Gasteiger charge is 2.08. The van der Waals surface area contributed by atoms with E-state index in [4.69, 9.17) is 15.2 Å². The van der Waals surface area contributed by atoms with Gasteiger partial charge >= 0.3 is 0 Å². The van der Waals surface area contributed by atoms with Gasteiger partial charge in [0.25, 0.3) is 0 Å². The zero-order valence-electron chi connectivity index (χ0n) is 12.9. The smallest absolute Gasteiger partial charge is 0.162 e. The van der Waals surface area contributed by atoms with Crippen LogP contribution in [0.15, 0.2) is 30.5 Å². The van der Waals surface area contributed by atoms with Crippen LogP contribution in [0, 0.1) is 0 Å². The van der Waals surface area contributed by atoms with Crippen LogP contribution in [-0.2, 0) is 13.2 Å². The van der Waals surface area contributed by atoms with E-state index in [9.17, 15) is 0 Å². The molecule has 2 aromatic rings. The van der Waals surface area contributed by atoms with Gasteiger partial charge in [0.2, 0.25) is 0 Å². The molecule has 21 heavy (non-hydrogen) atoms. The SMILES string of the molecule is CCC(C)n1ccc(COc2cc(CN)ccc2OC)n1. The Bertz CT molecular complexity index is 581. The Morgan fingerprint density at radius 1 is 1.29 bits per heavy atom. The summed E-state index contributed by atoms with van der Waals surface area (Å²) in [6, 6.07) is 8.09. The highest BCUT2D eigenvalue weighted by atomic mass is 16.5. The summed E-state index contributed by atoms with van der Waals surface area (Å²) < 4.78 is 13.1. The summed E-state index contributed by atoms with van der Waals surface area (Å²) >= 11 is 0. The summed E-state index contributed by atoms with van der Waals surface area (Å²) in [5, 5.41) is 4.52. The van der Waals surface area contributed by atoms with Crippen LogP contribution in [0.5, 0.6) is 11.5 Å². The van der Waals surface area contributed by atoms with Crippen molar-refractivity contribution in [2.45, 2.75) is 39.5 Å². The Balaban J connectivity index is 2.07. The third-order valence-electron chi connectivity index (χ3n) is 3.55. The van der Waals surface area contributed by atoms with Gasteiger partial charge in [0.1, 0.15) is 6.61 Å². The maximum atomic E-state index is 5.83. The molecule has 1 aromatic carbocycles. The lowest BCUT2D eigenvalue weighted by Gasteiger charge is -2.11. The van der Waals surface area contributed by atoms with Crippen molar-refractivity contribution < 1.29 is 9.47 Å². The normalized spacial score (nSPS) is 12.2. The quantitative estimate of drug-likeness (QED) is 0.851. The van der Waals surface area contributed by atoms with Crippen LogP contribution in [0.4, 0.5) is 0 Å². The molecule has 0 bridgehead atoms. The molecule has 114 valence electrons. The first kappa shape index (κ1) is 15.4. The van der Waals surface area contributed by atoms with E-state index in [1.807, 2.05) is 35.1 Å². The largest absolute Gasteiger partial charge is 0.493 e. The zero-order chi connectivity index (χ0) is 15.2. The number of hydrogen-bond donors (Lipinski definition) is 1. The van der Waals surface area contributed by atoms with E-state index >= 15 is 0 Å². The maximum Gasteiger partial charge on any atom is 0.162 e. The molecule has 0 spiro atoms. The standard InChI is InChI=1S/C16H23N3O2/c1-4-12(2)19-8-7-14(18-19)11-21-16-9-13(10-17)5-6-15(16)20-3/h5-9,12H,4,10-11,17H2,1-3H3. The first-order chi connectivity index (χ1) is 10.2. The Labute approximate surface area is 125 Å². The van der Waals surface area contributed by atoms with Crippen molar-refractivity contribution >= 4 is 0 Å². The fourth-order valence-corrected chi connectivity index (χ4v) is 2.00. The third-order valence-corrected chi connectivity index (χ3v) is 3.55. The maximum absolute atomic E-state index is 5.83. The molecule has 0 aliphatic rings. The summed E-state index contributed by atoms with van der Waals surface area (Å²) in [5.74, 6) is 1.40. The van der Waals surface area contributed by atoms with Crippen molar-refractivity contribution in [1.82, 2.24) is 9.78 Å². The van der Waals surface area contributed by atoms with Crippen molar-refractivity contribution in [2.75, 3.05) is 7.11 Å². The molecular formula is C16H23N3O2. The molecule has 0 aliphatic carbocycles. The van der Waals surface area contributed by atoms with Crippen LogP contribution in [0.2, 0.25) is 0 Å². The van der Waals surface area contributed by atoms with Crippen molar-refractivity contribution in [3.05, 3.63) is 41.7 Å². The molecule has 0 amide bonds. The predicted octanol–water partition coefficient (Wildman–Crippen LogP) is 2.90. The van der Waals surface area contributed by atoms with Crippen LogP contribution >= 0.6 is 0 Å². The van der Waals surface area contributed by atoms with Crippen molar-refractivity contribution in [2.24, 2.45) is 5.73 Å². The molecule has 0 saturated carbocycles. The van der Waals surface area contributed by atoms with E-state index in [1.54, 1.807) is 7.11 Å². The number of methoxy groups -OCH3 is 1. The monoisotopic (exact) mass is 289 g/mol. The molecular weight excluding hydrogens is 266 g/mol. The molecule has 2 N–H and O–H groups in total. The van der Waals surface area contributed by atoms with Gasteiger partial charge in [-0.25, -0.2) is 0 Å². The van der Waals surface area contributed by atoms with E-state index in [2.05, 4.69) is 18.9 Å². The summed E-state index contributed by atoms with van der Waals surface area (Å²) in [7, 11) is 1.63. The second-order valence-electron chi connectivity index (χ2n) is 5.02. The van der Waals surface area contributed by atoms with Gasteiger partial charge in [-0.15, -0.1) is 0 Å². The number of hydrogen-bond acceptors (Lipinski definition) is 4. The van der Waals surface area contributed by atoms with Crippen LogP contribution in [0.3, 0.4) is 0 Å². The van der Waals surface area contributed by atoms with E-state index in [1.165, 1.54) is 0 Å². The minimum absolute atomic E-state index is 0.397. The summed E-state index contributed by atoms with van der Waals surface area (Å²) in [6.07, 6.45) is 3.04. The van der Waals surface area contributed by atoms with Crippen molar-refractivity contribution in [3.63, 3.8) is 0 Å². The predicted molar refractivity (Wildman–Crippen MR) is 82.4 cm³/mol. The van der Waals surface area contributed by atoms with E-state index < -0.39 is 0 Å². The van der Waals surface area contributed by atoms with Crippen molar-refractivity contribution in [1.29, 1.82) is 0 Å². The van der Waals surface area contributed by atoms with Crippen LogP contribution in [0.1, 0.15) is 37.6 Å². The van der Waals surface area contributed by atoms with Crippen molar-refractivity contribution in [3.8, 4) is 11.5 Å². The molecule has 5 nitrogen and oxygen atoms in total. The minimum Gasteiger partial charge on any atom is -0.493 e. The molecule has 1 heterocycles. The molecule has 0 aliphatic heterocycles. The Morgan fingerprint density at radius 3 is 2.76 bits per heavy atom. The van der Waals surface area contributed by atoms with E-state index in [0.717, 1.165) is 17.7 Å². The average molecular weight is 289 g/mol. The molecule has 1 aromatic heterocycles. The summed E-state index contributed by atoms with van der Waals surface area (Å²) in [6.45, 7) is 5.17. The Hall–Kier alpha value is -2.01. The van der Waals surface area contributed by atoms with Gasteiger partial charge in [-0.3, -0.25) is 4.68 Å². The lowest BCUT2D eigenvalue weighted by atomic mass is 10.2. The summed E-state index contributed by atoms with van der Waals surface area (Å²) in [5.41, 5.74) is 7.57. The van der Waals surface area contributed by atoms with Gasteiger partial charge in [-0.05, 0) is 37.1 Å². The number of rotatable bonds is 7. The number of nitrogens with zero attached hydrogens (tertiary/aromatic N) is 2. The second-order valence-corrected chi connectivity index (χ2v) is 5.02. The highest BCUT2D eigenvalue weighted by Crippen LogP contribution is 2.28. The highest BCUT2D eigenvalue weighted by molar-refractivity contribution is 5.42. The molecule has 5 heteroatoms. The van der Waals surface area contributed by atoms with Crippen LogP contribution in [-0.4, -0.2) is 16.9 Å². The Kier molecular flexibility index (Phi) is 5.22. The van der Waals surface area contributed by atoms with Crippen LogP contribution in [0.25, 0.3) is 0 Å². The van der Waals surface area contributed by atoms with E-state index in [0.29, 0.717) is 30.7 Å². The topological polar surface area (TPSA) is 62.3 Å². The number of benzene rings is 1. The minimum atomic E-state index is 0.397. The number of aromatic nitrogens is 2. The molecule has 2 rings (SSSR count).